The standard InChI is InChI=1S/C19H18Cl3N5O4/c20-10-5-12(17(22)13(21)6-10)14(7-16(29)30)27-15(28)8-25-18(31)9-2-1-3-11(4-9)26-19(23)24/h1-6,14H,7-8H2,(H,25,31)(H,27,28)(H,29,30)(H4,23,24,26). The van der Waals surface area contributed by atoms with Crippen molar-refractivity contribution in [3.63, 3.8) is 0 Å². The van der Waals surface area contributed by atoms with E-state index < -0.39 is 36.8 Å². The van der Waals surface area contributed by atoms with Crippen molar-refractivity contribution in [2.45, 2.75) is 12.5 Å². The normalized spacial score (nSPS) is 11.3. The zero-order valence-corrected chi connectivity index (χ0v) is 18.1. The molecular weight excluding hydrogens is 469 g/mol. The van der Waals surface area contributed by atoms with Crippen molar-refractivity contribution in [3.8, 4) is 0 Å². The van der Waals surface area contributed by atoms with Gasteiger partial charge in [0.2, 0.25) is 5.91 Å². The number of nitrogens with zero attached hydrogens (tertiary/aromatic N) is 1. The van der Waals surface area contributed by atoms with Gasteiger partial charge >= 0.3 is 5.97 Å². The third-order valence-corrected chi connectivity index (χ3v) is 4.92. The van der Waals surface area contributed by atoms with E-state index in [-0.39, 0.29) is 32.2 Å². The summed E-state index contributed by atoms with van der Waals surface area (Å²) in [6.45, 7) is -0.423. The maximum Gasteiger partial charge on any atom is 0.305 e. The molecule has 0 heterocycles. The highest BCUT2D eigenvalue weighted by molar-refractivity contribution is 6.43. The van der Waals surface area contributed by atoms with Crippen molar-refractivity contribution in [2.24, 2.45) is 16.5 Å². The Bertz CT molecular complexity index is 1040. The number of aliphatic carboxylic acids is 1. The largest absolute Gasteiger partial charge is 0.481 e. The van der Waals surface area contributed by atoms with Crippen LogP contribution in [0.15, 0.2) is 41.4 Å². The van der Waals surface area contributed by atoms with E-state index in [9.17, 15) is 19.5 Å². The fraction of sp³-hybridized carbons (Fsp3) is 0.158. The van der Waals surface area contributed by atoms with Crippen LogP contribution < -0.4 is 22.1 Å². The monoisotopic (exact) mass is 485 g/mol. The molecule has 0 aliphatic carbocycles. The zero-order chi connectivity index (χ0) is 23.1. The minimum absolute atomic E-state index is 0.0678. The van der Waals surface area contributed by atoms with E-state index in [2.05, 4.69) is 15.6 Å². The number of nitrogens with one attached hydrogen (secondary N) is 2. The lowest BCUT2D eigenvalue weighted by Gasteiger charge is -2.20. The van der Waals surface area contributed by atoms with E-state index in [4.69, 9.17) is 46.3 Å². The lowest BCUT2D eigenvalue weighted by molar-refractivity contribution is -0.137. The first kappa shape index (κ1) is 24.3. The molecule has 0 aliphatic heterocycles. The fourth-order valence-corrected chi connectivity index (χ4v) is 3.37. The van der Waals surface area contributed by atoms with Crippen molar-refractivity contribution in [1.29, 1.82) is 0 Å². The molecule has 9 nitrogen and oxygen atoms in total. The number of halogens is 3. The molecule has 0 aromatic heterocycles. The van der Waals surface area contributed by atoms with Gasteiger partial charge in [-0.25, -0.2) is 4.99 Å². The topological polar surface area (TPSA) is 160 Å². The molecule has 2 amide bonds. The molecule has 1 unspecified atom stereocenters. The van der Waals surface area contributed by atoms with Gasteiger partial charge in [-0.1, -0.05) is 40.9 Å². The van der Waals surface area contributed by atoms with E-state index in [1.54, 1.807) is 12.1 Å². The number of carbonyl (C=O) groups is 3. The first-order chi connectivity index (χ1) is 14.6. The molecule has 0 aliphatic rings. The molecule has 2 aromatic rings. The molecule has 164 valence electrons. The molecule has 31 heavy (non-hydrogen) atoms. The number of carbonyl (C=O) groups excluding carboxylic acids is 2. The third-order valence-electron chi connectivity index (χ3n) is 3.89. The lowest BCUT2D eigenvalue weighted by Crippen LogP contribution is -2.39. The molecule has 2 rings (SSSR count). The Hall–Kier alpha value is -3.01. The summed E-state index contributed by atoms with van der Waals surface area (Å²) in [6.07, 6.45) is -0.476. The molecule has 0 radical (unpaired) electrons. The van der Waals surface area contributed by atoms with Gasteiger partial charge < -0.3 is 27.2 Å². The van der Waals surface area contributed by atoms with Gasteiger partial charge in [0.05, 0.1) is 34.7 Å². The lowest BCUT2D eigenvalue weighted by atomic mass is 10.0. The van der Waals surface area contributed by atoms with Crippen molar-refractivity contribution in [1.82, 2.24) is 10.6 Å². The van der Waals surface area contributed by atoms with Crippen LogP contribution in [0.5, 0.6) is 0 Å². The van der Waals surface area contributed by atoms with E-state index in [0.717, 1.165) is 0 Å². The van der Waals surface area contributed by atoms with Crippen molar-refractivity contribution in [2.75, 3.05) is 6.54 Å². The van der Waals surface area contributed by atoms with Crippen molar-refractivity contribution in [3.05, 3.63) is 62.6 Å². The highest BCUT2D eigenvalue weighted by Crippen LogP contribution is 2.34. The van der Waals surface area contributed by atoms with Gasteiger partial charge in [0.1, 0.15) is 0 Å². The Morgan fingerprint density at radius 3 is 2.45 bits per heavy atom. The maximum atomic E-state index is 12.4. The third kappa shape index (κ3) is 7.32. The molecule has 0 fully saturated rings. The number of benzene rings is 2. The molecule has 0 spiro atoms. The van der Waals surface area contributed by atoms with Crippen LogP contribution in [0.3, 0.4) is 0 Å². The predicted molar refractivity (Wildman–Crippen MR) is 119 cm³/mol. The smallest absolute Gasteiger partial charge is 0.305 e. The highest BCUT2D eigenvalue weighted by atomic mass is 35.5. The van der Waals surface area contributed by atoms with E-state index in [0.29, 0.717) is 5.69 Å². The molecule has 7 N–H and O–H groups in total. The zero-order valence-electron chi connectivity index (χ0n) is 15.9. The number of carboxylic acid groups (broad SMARTS) is 1. The van der Waals surface area contributed by atoms with E-state index >= 15 is 0 Å². The van der Waals surface area contributed by atoms with Crippen LogP contribution in [0, 0.1) is 0 Å². The highest BCUT2D eigenvalue weighted by Gasteiger charge is 2.23. The summed E-state index contributed by atoms with van der Waals surface area (Å²) in [5, 5.41) is 14.5. The van der Waals surface area contributed by atoms with Crippen molar-refractivity contribution >= 4 is 64.2 Å². The quantitative estimate of drug-likeness (QED) is 0.219. The molecular formula is C19H18Cl3N5O4. The van der Waals surface area contributed by atoms with E-state index in [1.165, 1.54) is 24.3 Å². The molecule has 0 saturated heterocycles. The summed E-state index contributed by atoms with van der Waals surface area (Å²) in [5.74, 6) is -2.55. The van der Waals surface area contributed by atoms with Gasteiger partial charge in [-0.05, 0) is 35.9 Å². The van der Waals surface area contributed by atoms with Gasteiger partial charge in [0.25, 0.3) is 5.91 Å². The van der Waals surface area contributed by atoms with Gasteiger partial charge in [-0.15, -0.1) is 0 Å². The molecule has 0 bridgehead atoms. The van der Waals surface area contributed by atoms with Gasteiger partial charge in [-0.2, -0.15) is 0 Å². The number of amides is 2. The number of nitrogens with two attached hydrogens (primary N) is 2. The van der Waals surface area contributed by atoms with Crippen LogP contribution in [0.1, 0.15) is 28.4 Å². The Balaban J connectivity index is 2.09. The molecule has 2 aromatic carbocycles. The Morgan fingerprint density at radius 1 is 1.10 bits per heavy atom. The van der Waals surface area contributed by atoms with Gasteiger partial charge in [0.15, 0.2) is 5.96 Å². The average Bonchev–Trinajstić information content (AvgIpc) is 2.67. The molecule has 1 atom stereocenters. The number of hydrogen-bond donors (Lipinski definition) is 5. The summed E-state index contributed by atoms with van der Waals surface area (Å²) >= 11 is 18.1. The first-order valence-electron chi connectivity index (χ1n) is 8.70. The number of rotatable bonds is 8. The minimum Gasteiger partial charge on any atom is -0.481 e. The minimum atomic E-state index is -1.18. The summed E-state index contributed by atoms with van der Waals surface area (Å²) in [4.78, 5) is 39.8. The van der Waals surface area contributed by atoms with E-state index in [1.807, 2.05) is 0 Å². The van der Waals surface area contributed by atoms with Crippen LogP contribution in [0.4, 0.5) is 5.69 Å². The van der Waals surface area contributed by atoms with Crippen LogP contribution in [-0.2, 0) is 9.59 Å². The number of aliphatic imine (C=N–C) groups is 1. The number of guanidine groups is 1. The number of hydrogen-bond acceptors (Lipinski definition) is 4. The van der Waals surface area contributed by atoms with Crippen LogP contribution in [-0.4, -0.2) is 35.4 Å². The first-order valence-corrected chi connectivity index (χ1v) is 9.83. The van der Waals surface area contributed by atoms with Crippen LogP contribution >= 0.6 is 34.8 Å². The average molecular weight is 487 g/mol. The summed E-state index contributed by atoms with van der Waals surface area (Å²) in [6, 6.07) is 7.91. The second kappa shape index (κ2) is 10.9. The summed E-state index contributed by atoms with van der Waals surface area (Å²) in [7, 11) is 0. The summed E-state index contributed by atoms with van der Waals surface area (Å²) in [5.41, 5.74) is 11.5. The molecule has 0 saturated carbocycles. The molecule has 12 heteroatoms. The fourth-order valence-electron chi connectivity index (χ4n) is 2.62. The maximum absolute atomic E-state index is 12.4. The Kier molecular flexibility index (Phi) is 8.49. The van der Waals surface area contributed by atoms with Gasteiger partial charge in [0, 0.05) is 10.6 Å². The Labute approximate surface area is 192 Å². The van der Waals surface area contributed by atoms with Crippen LogP contribution in [0.25, 0.3) is 0 Å². The second-order valence-electron chi connectivity index (χ2n) is 6.28. The predicted octanol–water partition coefficient (Wildman–Crippen LogP) is 2.61. The van der Waals surface area contributed by atoms with Gasteiger partial charge in [-0.3, -0.25) is 14.4 Å². The second-order valence-corrected chi connectivity index (χ2v) is 7.50. The Morgan fingerprint density at radius 2 is 1.81 bits per heavy atom. The number of carboxylic acids is 1. The summed E-state index contributed by atoms with van der Waals surface area (Å²) < 4.78 is 0. The van der Waals surface area contributed by atoms with Crippen molar-refractivity contribution < 1.29 is 19.5 Å². The SMILES string of the molecule is NC(N)=Nc1cccc(C(=O)NCC(=O)NC(CC(=O)O)c2cc(Cl)cc(Cl)c2Cl)c1. The van der Waals surface area contributed by atoms with Crippen LogP contribution in [0.2, 0.25) is 15.1 Å².